The number of rotatable bonds is 5. The number of carbonyl (C=O) groups is 1. The van der Waals surface area contributed by atoms with Crippen LogP contribution in [0.15, 0.2) is 18.2 Å². The van der Waals surface area contributed by atoms with Gasteiger partial charge in [-0.2, -0.15) is 5.26 Å². The van der Waals surface area contributed by atoms with Crippen molar-refractivity contribution in [2.75, 3.05) is 11.9 Å². The molecule has 2 N–H and O–H groups in total. The fraction of sp³-hybridized carbons (Fsp3) is 0.333. The van der Waals surface area contributed by atoms with Gasteiger partial charge in [-0.3, -0.25) is 4.79 Å². The molecule has 0 aliphatic heterocycles. The minimum Gasteiger partial charge on any atom is -0.396 e. The lowest BCUT2D eigenvalue weighted by Gasteiger charge is -2.07. The minimum atomic E-state index is -0.183. The molecule has 4 nitrogen and oxygen atoms in total. The van der Waals surface area contributed by atoms with Crippen LogP contribution in [0.3, 0.4) is 0 Å². The van der Waals surface area contributed by atoms with E-state index < -0.39 is 0 Å². The number of hydrogen-bond acceptors (Lipinski definition) is 3. The van der Waals surface area contributed by atoms with E-state index in [0.717, 1.165) is 0 Å². The number of hydrogen-bond donors (Lipinski definition) is 2. The number of unbranched alkanes of at least 4 members (excludes halogenated alkanes) is 1. The van der Waals surface area contributed by atoms with Crippen molar-refractivity contribution in [2.24, 2.45) is 0 Å². The first-order valence-corrected chi connectivity index (χ1v) is 5.65. The molecule has 5 heteroatoms. The first-order chi connectivity index (χ1) is 8.17. The first kappa shape index (κ1) is 13.5. The van der Waals surface area contributed by atoms with Gasteiger partial charge in [0.05, 0.1) is 11.3 Å². The normalized spacial score (nSPS) is 9.71. The lowest BCUT2D eigenvalue weighted by Crippen LogP contribution is -2.12. The van der Waals surface area contributed by atoms with Crippen LogP contribution in [0.25, 0.3) is 0 Å². The highest BCUT2D eigenvalue weighted by Crippen LogP contribution is 2.20. The van der Waals surface area contributed by atoms with E-state index >= 15 is 0 Å². The van der Waals surface area contributed by atoms with Crippen LogP contribution in [0, 0.1) is 11.3 Å². The number of carbonyl (C=O) groups excluding carboxylic acids is 1. The summed E-state index contributed by atoms with van der Waals surface area (Å²) in [5.74, 6) is -0.183. The van der Waals surface area contributed by atoms with E-state index in [1.54, 1.807) is 18.2 Å². The Labute approximate surface area is 105 Å². The van der Waals surface area contributed by atoms with Crippen LogP contribution in [0.1, 0.15) is 24.8 Å². The van der Waals surface area contributed by atoms with Crippen molar-refractivity contribution in [3.63, 3.8) is 0 Å². The molecule has 0 aliphatic rings. The summed E-state index contributed by atoms with van der Waals surface area (Å²) in [5, 5.41) is 20.6. The highest BCUT2D eigenvalue weighted by Gasteiger charge is 2.07. The standard InChI is InChI=1S/C12H13ClN2O2/c13-10-5-4-9(8-14)11(7-10)15-12(17)3-1-2-6-16/h4-5,7,16H,1-3,6H2,(H,15,17). The molecule has 0 aliphatic carbocycles. The number of halogens is 1. The van der Waals surface area contributed by atoms with E-state index in [0.29, 0.717) is 35.5 Å². The molecular weight excluding hydrogens is 240 g/mol. The van der Waals surface area contributed by atoms with Gasteiger partial charge < -0.3 is 10.4 Å². The van der Waals surface area contributed by atoms with Gasteiger partial charge in [-0.15, -0.1) is 0 Å². The van der Waals surface area contributed by atoms with E-state index in [4.69, 9.17) is 22.0 Å². The molecule has 0 fully saturated rings. The van der Waals surface area contributed by atoms with Crippen molar-refractivity contribution >= 4 is 23.2 Å². The summed E-state index contributed by atoms with van der Waals surface area (Å²) in [5.41, 5.74) is 0.805. The number of nitrogens with one attached hydrogen (secondary N) is 1. The van der Waals surface area contributed by atoms with Crippen molar-refractivity contribution in [1.82, 2.24) is 0 Å². The van der Waals surface area contributed by atoms with Gasteiger partial charge in [0.25, 0.3) is 0 Å². The number of benzene rings is 1. The van der Waals surface area contributed by atoms with Gasteiger partial charge in [-0.05, 0) is 31.0 Å². The molecule has 1 aromatic rings. The molecule has 0 heterocycles. The van der Waals surface area contributed by atoms with Crippen molar-refractivity contribution in [3.8, 4) is 6.07 Å². The van der Waals surface area contributed by atoms with Crippen molar-refractivity contribution < 1.29 is 9.90 Å². The Hall–Kier alpha value is -1.57. The molecule has 1 aromatic carbocycles. The van der Waals surface area contributed by atoms with Crippen molar-refractivity contribution in [1.29, 1.82) is 5.26 Å². The van der Waals surface area contributed by atoms with Crippen molar-refractivity contribution in [2.45, 2.75) is 19.3 Å². The summed E-state index contributed by atoms with van der Waals surface area (Å²) in [4.78, 5) is 11.5. The lowest BCUT2D eigenvalue weighted by atomic mass is 10.2. The number of nitriles is 1. The van der Waals surface area contributed by atoms with Gasteiger partial charge in [0, 0.05) is 18.1 Å². The van der Waals surface area contributed by atoms with Gasteiger partial charge in [0.15, 0.2) is 0 Å². The second-order valence-corrected chi connectivity index (χ2v) is 3.97. The minimum absolute atomic E-state index is 0.0773. The molecular formula is C12H13ClN2O2. The van der Waals surface area contributed by atoms with Crippen LogP contribution in [-0.2, 0) is 4.79 Å². The molecule has 17 heavy (non-hydrogen) atoms. The predicted octanol–water partition coefficient (Wildman–Crippen LogP) is 2.31. The molecule has 0 bridgehead atoms. The average molecular weight is 253 g/mol. The Bertz CT molecular complexity index is 441. The fourth-order valence-corrected chi connectivity index (χ4v) is 1.50. The monoisotopic (exact) mass is 252 g/mol. The lowest BCUT2D eigenvalue weighted by molar-refractivity contribution is -0.116. The summed E-state index contributed by atoms with van der Waals surface area (Å²) in [7, 11) is 0. The van der Waals surface area contributed by atoms with Crippen molar-refractivity contribution in [3.05, 3.63) is 28.8 Å². The average Bonchev–Trinajstić information content (AvgIpc) is 2.29. The van der Waals surface area contributed by atoms with Gasteiger partial charge in [-0.1, -0.05) is 11.6 Å². The second-order valence-electron chi connectivity index (χ2n) is 3.53. The van der Waals surface area contributed by atoms with Crippen LogP contribution < -0.4 is 5.32 Å². The molecule has 0 saturated heterocycles. The molecule has 0 atom stereocenters. The number of aliphatic hydroxyl groups is 1. The van der Waals surface area contributed by atoms with E-state index in [2.05, 4.69) is 5.32 Å². The summed E-state index contributed by atoms with van der Waals surface area (Å²) >= 11 is 5.79. The predicted molar refractivity (Wildman–Crippen MR) is 65.7 cm³/mol. The Morgan fingerprint density at radius 2 is 2.24 bits per heavy atom. The maximum Gasteiger partial charge on any atom is 0.224 e. The molecule has 0 radical (unpaired) electrons. The van der Waals surface area contributed by atoms with Crippen LogP contribution >= 0.6 is 11.6 Å². The maximum absolute atomic E-state index is 11.5. The molecule has 0 aromatic heterocycles. The highest BCUT2D eigenvalue weighted by molar-refractivity contribution is 6.31. The van der Waals surface area contributed by atoms with Crippen LogP contribution in [0.4, 0.5) is 5.69 Å². The fourth-order valence-electron chi connectivity index (χ4n) is 1.33. The molecule has 0 unspecified atom stereocenters. The maximum atomic E-state index is 11.5. The Morgan fingerprint density at radius 1 is 1.47 bits per heavy atom. The second kappa shape index (κ2) is 6.89. The number of anilines is 1. The van der Waals surface area contributed by atoms with E-state index in [-0.39, 0.29) is 12.5 Å². The molecule has 0 spiro atoms. The number of aliphatic hydroxyl groups excluding tert-OH is 1. The van der Waals surface area contributed by atoms with E-state index in [1.165, 1.54) is 0 Å². The number of amides is 1. The molecule has 1 rings (SSSR count). The smallest absolute Gasteiger partial charge is 0.224 e. The van der Waals surface area contributed by atoms with Crippen LogP contribution in [0.5, 0.6) is 0 Å². The van der Waals surface area contributed by atoms with Gasteiger partial charge >= 0.3 is 0 Å². The Kier molecular flexibility index (Phi) is 5.47. The first-order valence-electron chi connectivity index (χ1n) is 5.27. The van der Waals surface area contributed by atoms with Gasteiger partial charge in [-0.25, -0.2) is 0 Å². The van der Waals surface area contributed by atoms with Crippen LogP contribution in [0.2, 0.25) is 5.02 Å². The van der Waals surface area contributed by atoms with Gasteiger partial charge in [0.2, 0.25) is 5.91 Å². The summed E-state index contributed by atoms with van der Waals surface area (Å²) < 4.78 is 0. The topological polar surface area (TPSA) is 73.1 Å². The van der Waals surface area contributed by atoms with E-state index in [1.807, 2.05) is 6.07 Å². The third-order valence-corrected chi connectivity index (χ3v) is 2.42. The highest BCUT2D eigenvalue weighted by atomic mass is 35.5. The zero-order chi connectivity index (χ0) is 12.7. The summed E-state index contributed by atoms with van der Waals surface area (Å²) in [6.45, 7) is 0.0773. The largest absolute Gasteiger partial charge is 0.396 e. The van der Waals surface area contributed by atoms with E-state index in [9.17, 15) is 4.79 Å². The molecule has 1 amide bonds. The summed E-state index contributed by atoms with van der Waals surface area (Å²) in [6.07, 6.45) is 1.52. The Balaban J connectivity index is 2.64. The third kappa shape index (κ3) is 4.43. The number of nitrogens with zero attached hydrogens (tertiary/aromatic N) is 1. The summed E-state index contributed by atoms with van der Waals surface area (Å²) in [6, 6.07) is 6.69. The molecule has 0 saturated carbocycles. The molecule has 90 valence electrons. The van der Waals surface area contributed by atoms with Gasteiger partial charge in [0.1, 0.15) is 6.07 Å². The zero-order valence-corrected chi connectivity index (χ0v) is 10.00. The Morgan fingerprint density at radius 3 is 2.88 bits per heavy atom. The third-order valence-electron chi connectivity index (χ3n) is 2.19. The van der Waals surface area contributed by atoms with Crippen LogP contribution in [-0.4, -0.2) is 17.6 Å². The zero-order valence-electron chi connectivity index (χ0n) is 9.24. The quantitative estimate of drug-likeness (QED) is 0.790. The SMILES string of the molecule is N#Cc1ccc(Cl)cc1NC(=O)CCCCO.